The Morgan fingerprint density at radius 3 is 2.51 bits per heavy atom. The summed E-state index contributed by atoms with van der Waals surface area (Å²) < 4.78 is 66.2. The number of halogens is 2. The molecule has 1 aromatic carbocycles. The van der Waals surface area contributed by atoms with Gasteiger partial charge < -0.3 is 14.6 Å². The van der Waals surface area contributed by atoms with Crippen LogP contribution in [0.1, 0.15) is 50.1 Å². The van der Waals surface area contributed by atoms with Gasteiger partial charge in [-0.05, 0) is 45.4 Å². The molecule has 0 aliphatic carbocycles. The van der Waals surface area contributed by atoms with Crippen molar-refractivity contribution in [1.82, 2.24) is 19.0 Å². The lowest BCUT2D eigenvalue weighted by Crippen LogP contribution is -2.58. The van der Waals surface area contributed by atoms with Gasteiger partial charge in [-0.2, -0.15) is 9.19 Å². The molecule has 202 valence electrons. The normalized spacial score (nSPS) is 25.1. The number of nitrogens with zero attached hydrogens (tertiary/aromatic N) is 4. The Morgan fingerprint density at radius 2 is 1.92 bits per heavy atom. The Kier molecular flexibility index (Phi) is 6.54. The van der Waals surface area contributed by atoms with Crippen LogP contribution in [-0.2, 0) is 32.6 Å². The van der Waals surface area contributed by atoms with Gasteiger partial charge in [0.1, 0.15) is 23.0 Å². The molecule has 1 N–H and O–H groups in total. The molecule has 2 aromatic rings. The number of ether oxygens (including phenoxy) is 2. The lowest BCUT2D eigenvalue weighted by molar-refractivity contribution is -0.102. The van der Waals surface area contributed by atoms with Crippen molar-refractivity contribution in [3.05, 3.63) is 52.9 Å². The van der Waals surface area contributed by atoms with E-state index in [9.17, 15) is 27.1 Å². The van der Waals surface area contributed by atoms with Gasteiger partial charge in [0.25, 0.3) is 10.0 Å². The molecule has 4 heterocycles. The first-order valence-electron chi connectivity index (χ1n) is 12.1. The molecule has 2 fully saturated rings. The van der Waals surface area contributed by atoms with Crippen LogP contribution < -0.4 is 0 Å². The van der Waals surface area contributed by atoms with Crippen LogP contribution >= 0.6 is 0 Å². The minimum atomic E-state index is -3.61. The number of aromatic nitrogens is 2. The summed E-state index contributed by atoms with van der Waals surface area (Å²) in [6.45, 7) is 6.47. The van der Waals surface area contributed by atoms with E-state index in [0.717, 1.165) is 27.8 Å². The van der Waals surface area contributed by atoms with Gasteiger partial charge in [0.2, 0.25) is 0 Å². The number of rotatable bonds is 5. The van der Waals surface area contributed by atoms with E-state index in [2.05, 4.69) is 10.00 Å². The maximum Gasteiger partial charge on any atom is 0.408 e. The topological polar surface area (TPSA) is 114 Å². The zero-order valence-electron chi connectivity index (χ0n) is 20.8. The molecular weight excluding hydrogens is 510 g/mol. The fraction of sp³-hybridized carbons (Fsp3) is 0.583. The van der Waals surface area contributed by atoms with Gasteiger partial charge in [0, 0.05) is 42.0 Å². The van der Waals surface area contributed by atoms with Crippen LogP contribution in [0.3, 0.4) is 0 Å². The lowest BCUT2D eigenvalue weighted by Gasteiger charge is -2.48. The molecule has 13 heteroatoms. The van der Waals surface area contributed by atoms with E-state index in [1.165, 1.54) is 11.1 Å². The van der Waals surface area contributed by atoms with Crippen LogP contribution in [0, 0.1) is 11.6 Å². The minimum Gasteiger partial charge on any atom is -0.465 e. The quantitative estimate of drug-likeness (QED) is 0.616. The second kappa shape index (κ2) is 9.29. The third-order valence-electron chi connectivity index (χ3n) is 7.24. The van der Waals surface area contributed by atoms with Crippen molar-refractivity contribution in [2.24, 2.45) is 0 Å². The first-order chi connectivity index (χ1) is 17.4. The van der Waals surface area contributed by atoms with Crippen molar-refractivity contribution >= 4 is 16.1 Å². The summed E-state index contributed by atoms with van der Waals surface area (Å²) in [7, 11) is -3.61. The summed E-state index contributed by atoms with van der Waals surface area (Å²) in [5.74, 6) is -1.30. The van der Waals surface area contributed by atoms with Crippen LogP contribution in [0.2, 0.25) is 0 Å². The Hall–Kier alpha value is -2.61. The SMILES string of the molecule is CC(C)(C)N(C(=O)O)[C@H]1C[C@@H](N2Cc3cn(S(=O)(=O)C4COC4)nc3C2)CO[C@@H]1c1cc(F)ccc1F. The second-order valence-corrected chi connectivity index (χ2v) is 12.9. The fourth-order valence-corrected chi connectivity index (χ4v) is 6.66. The molecule has 1 amide bonds. The molecule has 0 unspecified atom stereocenters. The van der Waals surface area contributed by atoms with Crippen molar-refractivity contribution in [1.29, 1.82) is 0 Å². The molecule has 3 atom stereocenters. The van der Waals surface area contributed by atoms with Crippen LogP contribution in [0.4, 0.5) is 13.6 Å². The number of carbonyl (C=O) groups is 1. The summed E-state index contributed by atoms with van der Waals surface area (Å²) in [4.78, 5) is 15.7. The van der Waals surface area contributed by atoms with Gasteiger partial charge in [0.05, 0.1) is 31.6 Å². The first kappa shape index (κ1) is 26.0. The largest absolute Gasteiger partial charge is 0.465 e. The summed E-state index contributed by atoms with van der Waals surface area (Å²) in [5.41, 5.74) is 0.539. The van der Waals surface area contributed by atoms with Gasteiger partial charge in [-0.3, -0.25) is 9.80 Å². The lowest BCUT2D eigenvalue weighted by atomic mass is 9.88. The van der Waals surface area contributed by atoms with Gasteiger partial charge in [-0.1, -0.05) is 0 Å². The van der Waals surface area contributed by atoms with E-state index in [1.807, 2.05) is 0 Å². The molecule has 1 aromatic heterocycles. The predicted molar refractivity (Wildman–Crippen MR) is 127 cm³/mol. The van der Waals surface area contributed by atoms with Crippen LogP contribution in [0.25, 0.3) is 0 Å². The third kappa shape index (κ3) is 4.73. The van der Waals surface area contributed by atoms with Gasteiger partial charge in [0.15, 0.2) is 0 Å². The van der Waals surface area contributed by atoms with Crippen LogP contribution in [0.15, 0.2) is 24.4 Å². The number of carboxylic acid groups (broad SMARTS) is 1. The number of amides is 1. The van der Waals surface area contributed by atoms with E-state index >= 15 is 0 Å². The van der Waals surface area contributed by atoms with Crippen molar-refractivity contribution in [3.63, 3.8) is 0 Å². The molecule has 5 rings (SSSR count). The Bertz CT molecular complexity index is 1280. The fourth-order valence-electron chi connectivity index (χ4n) is 5.33. The van der Waals surface area contributed by atoms with Crippen LogP contribution in [0.5, 0.6) is 0 Å². The van der Waals surface area contributed by atoms with Crippen molar-refractivity contribution < 1.29 is 36.6 Å². The summed E-state index contributed by atoms with van der Waals surface area (Å²) in [6.07, 6.45) is -0.346. The van der Waals surface area contributed by atoms with Gasteiger partial charge >= 0.3 is 6.09 Å². The smallest absolute Gasteiger partial charge is 0.408 e. The van der Waals surface area contributed by atoms with Crippen molar-refractivity contribution in [2.45, 2.75) is 69.3 Å². The molecule has 3 aliphatic heterocycles. The summed E-state index contributed by atoms with van der Waals surface area (Å²) >= 11 is 0. The molecule has 0 radical (unpaired) electrons. The maximum absolute atomic E-state index is 14.8. The van der Waals surface area contributed by atoms with Gasteiger partial charge in [-0.15, -0.1) is 0 Å². The molecule has 37 heavy (non-hydrogen) atoms. The molecule has 2 saturated heterocycles. The standard InChI is InChI=1S/C24H30F2N4O6S/c1-24(2,3)30(23(31)32)21-7-16(11-36-22(21)18-6-15(25)4-5-19(18)26)28-8-14-9-29(27-20(14)10-28)37(33,34)17-12-35-13-17/h4-6,9,16-17,21-22H,7-8,10-13H2,1-3H3,(H,31,32)/t16-,21+,22-/m1/s1. The Balaban J connectivity index is 1.39. The highest BCUT2D eigenvalue weighted by atomic mass is 32.2. The van der Waals surface area contributed by atoms with Crippen LogP contribution in [-0.4, -0.2) is 81.3 Å². The molecule has 0 spiro atoms. The number of benzene rings is 1. The highest BCUT2D eigenvalue weighted by Crippen LogP contribution is 2.39. The van der Waals surface area contributed by atoms with E-state index < -0.39 is 50.7 Å². The predicted octanol–water partition coefficient (Wildman–Crippen LogP) is 2.73. The monoisotopic (exact) mass is 540 g/mol. The third-order valence-corrected chi connectivity index (χ3v) is 9.07. The summed E-state index contributed by atoms with van der Waals surface area (Å²) in [5, 5.41) is 13.8. The minimum absolute atomic E-state index is 0.0230. The first-order valence-corrected chi connectivity index (χ1v) is 13.6. The van der Waals surface area contributed by atoms with Gasteiger partial charge in [-0.25, -0.2) is 22.0 Å². The molecular formula is C24H30F2N4O6S. The van der Waals surface area contributed by atoms with Crippen molar-refractivity contribution in [3.8, 4) is 0 Å². The van der Waals surface area contributed by atoms with E-state index in [4.69, 9.17) is 9.47 Å². The average Bonchev–Trinajstić information content (AvgIpc) is 3.33. The number of hydrogen-bond acceptors (Lipinski definition) is 7. The highest BCUT2D eigenvalue weighted by molar-refractivity contribution is 7.90. The van der Waals surface area contributed by atoms with Crippen molar-refractivity contribution in [2.75, 3.05) is 19.8 Å². The number of hydrogen-bond donors (Lipinski definition) is 1. The number of fused-ring (bicyclic) bond motifs is 1. The Labute approximate surface area is 213 Å². The summed E-state index contributed by atoms with van der Waals surface area (Å²) in [6, 6.07) is 2.04. The van der Waals surface area contributed by atoms with E-state index in [-0.39, 0.29) is 31.4 Å². The van der Waals surface area contributed by atoms with E-state index in [1.54, 1.807) is 20.8 Å². The Morgan fingerprint density at radius 1 is 1.19 bits per heavy atom. The zero-order chi connectivity index (χ0) is 26.7. The molecule has 0 saturated carbocycles. The highest BCUT2D eigenvalue weighted by Gasteiger charge is 2.46. The molecule has 0 bridgehead atoms. The average molecular weight is 541 g/mol. The zero-order valence-corrected chi connectivity index (χ0v) is 21.6. The maximum atomic E-state index is 14.8. The molecule has 3 aliphatic rings. The second-order valence-electron chi connectivity index (χ2n) is 10.8. The van der Waals surface area contributed by atoms with E-state index in [0.29, 0.717) is 25.2 Å². The molecule has 10 nitrogen and oxygen atoms in total.